The number of amides is 2. The predicted molar refractivity (Wildman–Crippen MR) is 94.3 cm³/mol. The Morgan fingerprint density at radius 2 is 2.04 bits per heavy atom. The van der Waals surface area contributed by atoms with Crippen LogP contribution in [0.1, 0.15) is 23.3 Å². The van der Waals surface area contributed by atoms with Gasteiger partial charge in [-0.05, 0) is 31.0 Å². The molecule has 2 aliphatic heterocycles. The van der Waals surface area contributed by atoms with E-state index >= 15 is 0 Å². The third kappa shape index (κ3) is 2.70. The molecule has 1 aromatic heterocycles. The number of fused-ring (bicyclic) bond motifs is 1. The highest BCUT2D eigenvalue weighted by molar-refractivity contribution is 7.13. The number of rotatable bonds is 3. The third-order valence-electron chi connectivity index (χ3n) is 4.87. The Balaban J connectivity index is 1.32. The minimum Gasteiger partial charge on any atom is -0.454 e. The Labute approximate surface area is 154 Å². The van der Waals surface area contributed by atoms with Crippen LogP contribution in [0, 0.1) is 0 Å². The normalized spacial score (nSPS) is 19.2. The van der Waals surface area contributed by atoms with Gasteiger partial charge in [0.05, 0.1) is 0 Å². The van der Waals surface area contributed by atoms with Crippen molar-refractivity contribution in [2.75, 3.05) is 26.4 Å². The Morgan fingerprint density at radius 1 is 1.19 bits per heavy atom. The smallest absolute Gasteiger partial charge is 0.273 e. The largest absolute Gasteiger partial charge is 0.454 e. The molecule has 0 unspecified atom stereocenters. The first-order valence-electron chi connectivity index (χ1n) is 8.63. The van der Waals surface area contributed by atoms with Crippen molar-refractivity contribution in [3.05, 3.63) is 29.3 Å². The molecule has 2 aromatic rings. The molecule has 0 spiro atoms. The molecule has 5 rings (SSSR count). The predicted octanol–water partition coefficient (Wildman–Crippen LogP) is 1.99. The Hall–Kier alpha value is -2.61. The average Bonchev–Trinajstić information content (AvgIpc) is 3.19. The van der Waals surface area contributed by atoms with E-state index in [2.05, 4.69) is 4.98 Å². The highest BCUT2D eigenvalue weighted by Gasteiger charge is 2.37. The number of nitrogens with zero attached hydrogens (tertiary/aromatic N) is 3. The number of ether oxygens (including phenoxy) is 2. The molecule has 0 atom stereocenters. The summed E-state index contributed by atoms with van der Waals surface area (Å²) in [4.78, 5) is 33.0. The van der Waals surface area contributed by atoms with E-state index in [1.807, 2.05) is 23.1 Å². The molecule has 3 heterocycles. The second kappa shape index (κ2) is 5.98. The Morgan fingerprint density at radius 3 is 2.85 bits per heavy atom. The molecule has 3 aliphatic rings. The van der Waals surface area contributed by atoms with Gasteiger partial charge in [0, 0.05) is 30.1 Å². The van der Waals surface area contributed by atoms with Crippen molar-refractivity contribution in [3.8, 4) is 22.1 Å². The molecule has 8 heteroatoms. The first kappa shape index (κ1) is 15.6. The summed E-state index contributed by atoms with van der Waals surface area (Å²) in [7, 11) is 0. The van der Waals surface area contributed by atoms with Crippen molar-refractivity contribution < 1.29 is 19.1 Å². The van der Waals surface area contributed by atoms with Crippen LogP contribution in [0.25, 0.3) is 10.6 Å². The standard InChI is InChI=1S/C18H17N3O4S/c22-16-8-20(5-6-21(16)12-2-3-12)18(23)13-9-26-17(19-13)11-1-4-14-15(7-11)25-10-24-14/h1,4,7,9,12H,2-3,5-6,8,10H2. The van der Waals surface area contributed by atoms with E-state index in [0.29, 0.717) is 36.3 Å². The van der Waals surface area contributed by atoms with Gasteiger partial charge in [0.1, 0.15) is 17.2 Å². The molecule has 0 radical (unpaired) electrons. The van der Waals surface area contributed by atoms with Crippen molar-refractivity contribution in [1.82, 2.24) is 14.8 Å². The Bertz CT molecular complexity index is 892. The van der Waals surface area contributed by atoms with Gasteiger partial charge in [-0.1, -0.05) is 0 Å². The van der Waals surface area contributed by atoms with Crippen LogP contribution in [0.2, 0.25) is 0 Å². The number of benzene rings is 1. The van der Waals surface area contributed by atoms with Crippen molar-refractivity contribution in [3.63, 3.8) is 0 Å². The highest BCUT2D eigenvalue weighted by Crippen LogP contribution is 2.36. The van der Waals surface area contributed by atoms with Crippen LogP contribution in [-0.4, -0.2) is 59.1 Å². The van der Waals surface area contributed by atoms with Crippen molar-refractivity contribution >= 4 is 23.2 Å². The van der Waals surface area contributed by atoms with Gasteiger partial charge in [0.2, 0.25) is 12.7 Å². The zero-order chi connectivity index (χ0) is 17.7. The molecule has 1 aliphatic carbocycles. The highest BCUT2D eigenvalue weighted by atomic mass is 32.1. The van der Waals surface area contributed by atoms with E-state index in [0.717, 1.165) is 23.4 Å². The molecule has 1 saturated heterocycles. The topological polar surface area (TPSA) is 72.0 Å². The maximum Gasteiger partial charge on any atom is 0.273 e. The molecular weight excluding hydrogens is 354 g/mol. The zero-order valence-corrected chi connectivity index (χ0v) is 14.8. The van der Waals surface area contributed by atoms with Gasteiger partial charge in [-0.3, -0.25) is 9.59 Å². The van der Waals surface area contributed by atoms with Crippen LogP contribution in [0.3, 0.4) is 0 Å². The summed E-state index contributed by atoms with van der Waals surface area (Å²) in [6.07, 6.45) is 2.18. The van der Waals surface area contributed by atoms with Crippen molar-refractivity contribution in [1.29, 1.82) is 0 Å². The van der Waals surface area contributed by atoms with Crippen LogP contribution in [-0.2, 0) is 4.79 Å². The maximum atomic E-state index is 12.7. The summed E-state index contributed by atoms with van der Waals surface area (Å²) >= 11 is 1.41. The second-order valence-corrected chi connectivity index (χ2v) is 7.51. The molecule has 0 bridgehead atoms. The number of piperazine rings is 1. The average molecular weight is 371 g/mol. The van der Waals surface area contributed by atoms with Crippen LogP contribution < -0.4 is 9.47 Å². The van der Waals surface area contributed by atoms with E-state index in [1.54, 1.807) is 10.3 Å². The molecule has 2 fully saturated rings. The fourth-order valence-corrected chi connectivity index (χ4v) is 4.12. The minimum absolute atomic E-state index is 0.0401. The minimum atomic E-state index is -0.183. The Kier molecular flexibility index (Phi) is 3.59. The van der Waals surface area contributed by atoms with Crippen molar-refractivity contribution in [2.24, 2.45) is 0 Å². The van der Waals surface area contributed by atoms with E-state index in [1.165, 1.54) is 11.3 Å². The lowest BCUT2D eigenvalue weighted by Crippen LogP contribution is -2.52. The SMILES string of the molecule is O=C(c1csc(-c2ccc3c(c2)OCO3)n1)N1CCN(C2CC2)C(=O)C1. The number of hydrogen-bond acceptors (Lipinski definition) is 6. The van der Waals surface area contributed by atoms with Crippen molar-refractivity contribution in [2.45, 2.75) is 18.9 Å². The van der Waals surface area contributed by atoms with Gasteiger partial charge in [0.15, 0.2) is 11.5 Å². The van der Waals surface area contributed by atoms with E-state index in [4.69, 9.17) is 9.47 Å². The van der Waals surface area contributed by atoms with E-state index < -0.39 is 0 Å². The summed E-state index contributed by atoms with van der Waals surface area (Å²) in [5.41, 5.74) is 1.27. The molecule has 26 heavy (non-hydrogen) atoms. The molecule has 1 aromatic carbocycles. The van der Waals surface area contributed by atoms with Crippen LogP contribution in [0.5, 0.6) is 11.5 Å². The molecule has 2 amide bonds. The number of aromatic nitrogens is 1. The number of thiazole rings is 1. The molecule has 0 N–H and O–H groups in total. The number of carbonyl (C=O) groups excluding carboxylic acids is 2. The maximum absolute atomic E-state index is 12.7. The molecular formula is C18H17N3O4S. The lowest BCUT2D eigenvalue weighted by atomic mass is 10.2. The second-order valence-electron chi connectivity index (χ2n) is 6.65. The van der Waals surface area contributed by atoms with Crippen LogP contribution in [0.4, 0.5) is 0 Å². The van der Waals surface area contributed by atoms with Gasteiger partial charge < -0.3 is 19.3 Å². The first-order valence-corrected chi connectivity index (χ1v) is 9.51. The van der Waals surface area contributed by atoms with E-state index in [9.17, 15) is 9.59 Å². The summed E-state index contributed by atoms with van der Waals surface area (Å²) in [5.74, 6) is 1.26. The molecule has 134 valence electrons. The third-order valence-corrected chi connectivity index (χ3v) is 5.77. The molecule has 1 saturated carbocycles. The lowest BCUT2D eigenvalue weighted by Gasteiger charge is -2.34. The molecule has 7 nitrogen and oxygen atoms in total. The number of carbonyl (C=O) groups is 2. The summed E-state index contributed by atoms with van der Waals surface area (Å²) in [5, 5.41) is 2.49. The summed E-state index contributed by atoms with van der Waals surface area (Å²) < 4.78 is 10.7. The first-order chi connectivity index (χ1) is 12.7. The van der Waals surface area contributed by atoms with Crippen LogP contribution >= 0.6 is 11.3 Å². The summed E-state index contributed by atoms with van der Waals surface area (Å²) in [6.45, 7) is 1.56. The van der Waals surface area contributed by atoms with Gasteiger partial charge in [-0.25, -0.2) is 4.98 Å². The van der Waals surface area contributed by atoms with Crippen LogP contribution in [0.15, 0.2) is 23.6 Å². The van der Waals surface area contributed by atoms with Gasteiger partial charge >= 0.3 is 0 Å². The van der Waals surface area contributed by atoms with Gasteiger partial charge in [-0.2, -0.15) is 0 Å². The van der Waals surface area contributed by atoms with E-state index in [-0.39, 0.29) is 25.2 Å². The summed E-state index contributed by atoms with van der Waals surface area (Å²) in [6, 6.07) is 6.01. The van der Waals surface area contributed by atoms with Gasteiger partial charge in [-0.15, -0.1) is 11.3 Å². The fourth-order valence-electron chi connectivity index (χ4n) is 3.33. The number of hydrogen-bond donors (Lipinski definition) is 0. The van der Waals surface area contributed by atoms with Gasteiger partial charge in [0.25, 0.3) is 5.91 Å². The fraction of sp³-hybridized carbons (Fsp3) is 0.389. The lowest BCUT2D eigenvalue weighted by molar-refractivity contribution is -0.135. The zero-order valence-electron chi connectivity index (χ0n) is 14.0. The monoisotopic (exact) mass is 371 g/mol. The quantitative estimate of drug-likeness (QED) is 0.825.